The molecule has 8 heteroatoms. The minimum absolute atomic E-state index is 0.0888. The van der Waals surface area contributed by atoms with E-state index < -0.39 is 23.2 Å². The molecule has 0 heterocycles. The van der Waals surface area contributed by atoms with E-state index in [4.69, 9.17) is 23.2 Å². The van der Waals surface area contributed by atoms with Crippen LogP contribution in [0.25, 0.3) is 0 Å². The van der Waals surface area contributed by atoms with Crippen molar-refractivity contribution in [3.63, 3.8) is 0 Å². The molecule has 1 aliphatic rings. The highest BCUT2D eigenvalue weighted by atomic mass is 35.5. The maximum absolute atomic E-state index is 11.0. The fourth-order valence-corrected chi connectivity index (χ4v) is 2.44. The number of anilines is 1. The summed E-state index contributed by atoms with van der Waals surface area (Å²) in [6, 6.07) is 2.05. The molecule has 0 aliphatic heterocycles. The molecule has 1 saturated carbocycles. The highest BCUT2D eigenvalue weighted by Crippen LogP contribution is 2.35. The lowest BCUT2D eigenvalue weighted by Gasteiger charge is -2.19. The van der Waals surface area contributed by atoms with Crippen LogP contribution >= 0.6 is 23.2 Å². The van der Waals surface area contributed by atoms with Crippen molar-refractivity contribution in [2.75, 3.05) is 5.32 Å². The van der Waals surface area contributed by atoms with E-state index in [1.54, 1.807) is 0 Å². The van der Waals surface area contributed by atoms with Crippen molar-refractivity contribution in [2.24, 2.45) is 0 Å². The summed E-state index contributed by atoms with van der Waals surface area (Å²) in [5.41, 5.74) is -0.0412. The number of halogens is 2. The maximum Gasteiger partial charge on any atom is 0.293 e. The number of aliphatic hydroxyl groups is 2. The second kappa shape index (κ2) is 5.50. The number of nitro benzene ring substituents is 1. The summed E-state index contributed by atoms with van der Waals surface area (Å²) in [5.74, 6) is 0. The molecule has 3 N–H and O–H groups in total. The van der Waals surface area contributed by atoms with Crippen LogP contribution in [0.1, 0.15) is 12.8 Å². The fraction of sp³-hybridized carbons (Fsp3) is 0.455. The number of nitrogens with zero attached hydrogens (tertiary/aromatic N) is 1. The maximum atomic E-state index is 11.0. The van der Waals surface area contributed by atoms with E-state index in [0.29, 0.717) is 12.8 Å². The van der Waals surface area contributed by atoms with Crippen LogP contribution in [-0.4, -0.2) is 33.4 Å². The summed E-state index contributed by atoms with van der Waals surface area (Å²) in [4.78, 5) is 10.4. The van der Waals surface area contributed by atoms with Crippen molar-refractivity contribution in [1.29, 1.82) is 0 Å². The number of rotatable bonds is 3. The third kappa shape index (κ3) is 2.92. The van der Waals surface area contributed by atoms with Crippen LogP contribution in [0, 0.1) is 10.1 Å². The number of nitrogens with one attached hydrogen (secondary N) is 1. The molecule has 0 bridgehead atoms. The average Bonchev–Trinajstić information content (AvgIpc) is 2.65. The van der Waals surface area contributed by atoms with Crippen LogP contribution in [-0.2, 0) is 0 Å². The number of hydrogen-bond acceptors (Lipinski definition) is 5. The van der Waals surface area contributed by atoms with E-state index in [2.05, 4.69) is 5.32 Å². The molecule has 0 spiro atoms. The summed E-state index contributed by atoms with van der Waals surface area (Å²) in [7, 11) is 0. The molecule has 19 heavy (non-hydrogen) atoms. The van der Waals surface area contributed by atoms with Gasteiger partial charge in [0.15, 0.2) is 0 Å². The van der Waals surface area contributed by atoms with Crippen molar-refractivity contribution in [3.8, 4) is 0 Å². The molecule has 0 saturated heterocycles. The van der Waals surface area contributed by atoms with Gasteiger partial charge in [-0.3, -0.25) is 10.1 Å². The molecule has 104 valence electrons. The average molecular weight is 307 g/mol. The molecule has 1 fully saturated rings. The highest BCUT2D eigenvalue weighted by Gasteiger charge is 2.34. The minimum atomic E-state index is -0.964. The van der Waals surface area contributed by atoms with Gasteiger partial charge in [0, 0.05) is 6.07 Å². The molecular formula is C11H12Cl2N2O4. The van der Waals surface area contributed by atoms with Gasteiger partial charge in [-0.2, -0.15) is 0 Å². The molecule has 1 aromatic carbocycles. The summed E-state index contributed by atoms with van der Waals surface area (Å²) in [6.07, 6.45) is -0.832. The molecule has 1 aliphatic carbocycles. The van der Waals surface area contributed by atoms with Gasteiger partial charge in [-0.05, 0) is 18.9 Å². The Morgan fingerprint density at radius 2 is 1.89 bits per heavy atom. The molecule has 0 amide bonds. The van der Waals surface area contributed by atoms with E-state index in [1.807, 2.05) is 0 Å². The summed E-state index contributed by atoms with van der Waals surface area (Å²) in [5, 5.41) is 33.3. The Hall–Kier alpha value is -1.08. The fourth-order valence-electron chi connectivity index (χ4n) is 2.12. The highest BCUT2D eigenvalue weighted by molar-refractivity contribution is 6.42. The summed E-state index contributed by atoms with van der Waals surface area (Å²) in [6.45, 7) is 0. The first kappa shape index (κ1) is 14.3. The van der Waals surface area contributed by atoms with Crippen molar-refractivity contribution in [1.82, 2.24) is 0 Å². The van der Waals surface area contributed by atoms with Gasteiger partial charge in [0.05, 0.1) is 33.2 Å². The van der Waals surface area contributed by atoms with E-state index >= 15 is 0 Å². The van der Waals surface area contributed by atoms with Gasteiger partial charge in [0.25, 0.3) is 5.69 Å². The summed E-state index contributed by atoms with van der Waals surface area (Å²) < 4.78 is 0. The van der Waals surface area contributed by atoms with Gasteiger partial charge in [0.2, 0.25) is 0 Å². The predicted molar refractivity (Wildman–Crippen MR) is 71.8 cm³/mol. The van der Waals surface area contributed by atoms with Crippen molar-refractivity contribution >= 4 is 34.6 Å². The van der Waals surface area contributed by atoms with Crippen molar-refractivity contribution in [3.05, 3.63) is 32.3 Å². The second-order valence-electron chi connectivity index (χ2n) is 4.43. The monoisotopic (exact) mass is 306 g/mol. The number of hydrogen-bond donors (Lipinski definition) is 3. The van der Waals surface area contributed by atoms with Gasteiger partial charge in [-0.1, -0.05) is 23.2 Å². The lowest BCUT2D eigenvalue weighted by molar-refractivity contribution is -0.384. The SMILES string of the molecule is O=[N+]([O-])c1cc(Cl)c(Cl)cc1N[C@@H]1CC[C@@H](O)[C@H]1O. The molecule has 2 rings (SSSR count). The molecule has 3 atom stereocenters. The van der Waals surface area contributed by atoms with Crippen LogP contribution in [0.15, 0.2) is 12.1 Å². The van der Waals surface area contributed by atoms with E-state index in [0.717, 1.165) is 6.07 Å². The number of aliphatic hydroxyl groups excluding tert-OH is 2. The van der Waals surface area contributed by atoms with Gasteiger partial charge < -0.3 is 15.5 Å². The first-order valence-electron chi connectivity index (χ1n) is 5.66. The first-order valence-corrected chi connectivity index (χ1v) is 6.42. The third-order valence-corrected chi connectivity index (χ3v) is 3.88. The largest absolute Gasteiger partial charge is 0.390 e. The lowest BCUT2D eigenvalue weighted by atomic mass is 10.1. The van der Waals surface area contributed by atoms with Crippen LogP contribution in [0.4, 0.5) is 11.4 Å². The Labute approximate surface area is 119 Å². The quantitative estimate of drug-likeness (QED) is 0.587. The van der Waals surface area contributed by atoms with Crippen LogP contribution in [0.5, 0.6) is 0 Å². The van der Waals surface area contributed by atoms with Crippen LogP contribution < -0.4 is 5.32 Å². The van der Waals surface area contributed by atoms with Gasteiger partial charge in [0.1, 0.15) is 5.69 Å². The van der Waals surface area contributed by atoms with E-state index in [9.17, 15) is 20.3 Å². The van der Waals surface area contributed by atoms with Crippen molar-refractivity contribution < 1.29 is 15.1 Å². The molecular weight excluding hydrogens is 295 g/mol. The standard InChI is InChI=1S/C11H12Cl2N2O4/c12-5-3-8(9(15(18)19)4-6(5)13)14-7-1-2-10(16)11(7)17/h3-4,7,10-11,14,16-17H,1-2H2/t7-,10-,11+/m1/s1. The predicted octanol–water partition coefficient (Wildman–Crippen LogP) is 2.20. The summed E-state index contributed by atoms with van der Waals surface area (Å²) >= 11 is 11.6. The number of benzene rings is 1. The van der Waals surface area contributed by atoms with Crippen LogP contribution in [0.2, 0.25) is 10.0 Å². The zero-order valence-electron chi connectivity index (χ0n) is 9.72. The first-order chi connectivity index (χ1) is 8.90. The second-order valence-corrected chi connectivity index (χ2v) is 5.24. The Morgan fingerprint density at radius 1 is 1.26 bits per heavy atom. The number of nitro groups is 1. The zero-order chi connectivity index (χ0) is 14.2. The van der Waals surface area contributed by atoms with E-state index in [1.165, 1.54) is 6.07 Å². The lowest BCUT2D eigenvalue weighted by Crippen LogP contribution is -2.34. The van der Waals surface area contributed by atoms with Crippen LogP contribution in [0.3, 0.4) is 0 Å². The Bertz CT molecular complexity index is 512. The molecule has 1 aromatic rings. The molecule has 0 radical (unpaired) electrons. The molecule has 0 unspecified atom stereocenters. The van der Waals surface area contributed by atoms with Crippen molar-refractivity contribution in [2.45, 2.75) is 31.1 Å². The van der Waals surface area contributed by atoms with Gasteiger partial charge in [-0.15, -0.1) is 0 Å². The smallest absolute Gasteiger partial charge is 0.293 e. The van der Waals surface area contributed by atoms with E-state index in [-0.39, 0.29) is 21.4 Å². The Kier molecular flexibility index (Phi) is 4.15. The normalized spacial score (nSPS) is 26.4. The van der Waals surface area contributed by atoms with Gasteiger partial charge in [-0.25, -0.2) is 0 Å². The topological polar surface area (TPSA) is 95.6 Å². The zero-order valence-corrected chi connectivity index (χ0v) is 11.2. The van der Waals surface area contributed by atoms with Gasteiger partial charge >= 0.3 is 0 Å². The molecule has 0 aromatic heterocycles. The molecule has 6 nitrogen and oxygen atoms in total. The Morgan fingerprint density at radius 3 is 2.42 bits per heavy atom. The minimum Gasteiger partial charge on any atom is -0.390 e. The Balaban J connectivity index is 2.29. The third-order valence-electron chi connectivity index (χ3n) is 3.16.